The van der Waals surface area contributed by atoms with Gasteiger partial charge < -0.3 is 0 Å². The standard InChI is InChI=1S/CH5BIP/c1-4-2-3/h2,4H,1H3. The van der Waals surface area contributed by atoms with E-state index in [2.05, 4.69) is 29.0 Å². The minimum absolute atomic E-state index is 1.13. The van der Waals surface area contributed by atoms with Gasteiger partial charge in [-0.3, -0.25) is 0 Å². The van der Waals surface area contributed by atoms with Gasteiger partial charge in [-0.05, 0) is 0 Å². The predicted octanol–water partition coefficient (Wildman–Crippen LogP) is 0.996. The van der Waals surface area contributed by atoms with Crippen LogP contribution in [0, 0.1) is 0 Å². The molecule has 0 bridgehead atoms. The molecule has 0 rings (SSSR count). The SMILES string of the molecule is CPBI. The van der Waals surface area contributed by atoms with E-state index >= 15 is 0 Å². The van der Waals surface area contributed by atoms with E-state index in [4.69, 9.17) is 0 Å². The fourth-order valence-electron chi connectivity index (χ4n) is 0. The van der Waals surface area contributed by atoms with Gasteiger partial charge in [-0.15, -0.1) is 22.4 Å². The molecular weight excluding hydrogens is 181 g/mol. The van der Waals surface area contributed by atoms with Crippen LogP contribution in [0.2, 0.25) is 0 Å². The summed E-state index contributed by atoms with van der Waals surface area (Å²) in [5.74, 6) is 0. The molecule has 0 aliphatic rings. The third kappa shape index (κ3) is 3.22. The second-order valence-corrected chi connectivity index (χ2v) is 3.75. The van der Waals surface area contributed by atoms with Crippen LogP contribution in [0.5, 0.6) is 0 Å². The molecular formula is CH5BIP. The lowest BCUT2D eigenvalue weighted by Gasteiger charge is -1.63. The molecule has 1 unspecified atom stereocenters. The molecule has 0 fully saturated rings. The topological polar surface area (TPSA) is 0 Å². The van der Waals surface area contributed by atoms with E-state index in [0.717, 1.165) is 8.46 Å². The first-order valence-electron chi connectivity index (χ1n) is 1.12. The lowest BCUT2D eigenvalue weighted by atomic mass is 10.8. The fraction of sp³-hybridized carbons (Fsp3) is 1.00. The second-order valence-electron chi connectivity index (χ2n) is 0.487. The first-order valence-corrected chi connectivity index (χ1v) is 4.35. The van der Waals surface area contributed by atoms with E-state index in [0.29, 0.717) is 0 Å². The molecule has 1 atom stereocenters. The van der Waals surface area contributed by atoms with Gasteiger partial charge in [0.1, 0.15) is 0 Å². The minimum atomic E-state index is 1.13. The zero-order chi connectivity index (χ0) is 3.41. The van der Waals surface area contributed by atoms with Crippen molar-refractivity contribution in [1.82, 2.24) is 0 Å². The summed E-state index contributed by atoms with van der Waals surface area (Å²) in [6.07, 6.45) is 0. The van der Waals surface area contributed by atoms with Crippen molar-refractivity contribution in [2.45, 2.75) is 0 Å². The van der Waals surface area contributed by atoms with Crippen LogP contribution in [0.1, 0.15) is 0 Å². The maximum absolute atomic E-state index is 2.36. The molecule has 0 amide bonds. The van der Waals surface area contributed by atoms with E-state index < -0.39 is 0 Å². The molecule has 3 heteroatoms. The second kappa shape index (κ2) is 4.22. The van der Waals surface area contributed by atoms with Gasteiger partial charge in [0.2, 0.25) is 4.86 Å². The summed E-state index contributed by atoms with van der Waals surface area (Å²) >= 11 is 2.36. The van der Waals surface area contributed by atoms with Crippen molar-refractivity contribution in [2.75, 3.05) is 6.66 Å². The van der Waals surface area contributed by atoms with Crippen LogP contribution < -0.4 is 0 Å². The van der Waals surface area contributed by atoms with Crippen molar-refractivity contribution in [3.63, 3.8) is 0 Å². The van der Waals surface area contributed by atoms with Crippen LogP contribution in [-0.2, 0) is 0 Å². The summed E-state index contributed by atoms with van der Waals surface area (Å²) in [6, 6.07) is 0. The highest BCUT2D eigenvalue weighted by molar-refractivity contribution is 14.1. The molecule has 0 aliphatic heterocycles. The molecule has 0 spiro atoms. The van der Waals surface area contributed by atoms with Crippen molar-refractivity contribution >= 4 is 35.7 Å². The number of hydrogen-bond acceptors (Lipinski definition) is 0. The Morgan fingerprint density at radius 3 is 2.25 bits per heavy atom. The van der Waals surface area contributed by atoms with Gasteiger partial charge in [-0.2, -0.15) is 8.46 Å². The van der Waals surface area contributed by atoms with Crippen molar-refractivity contribution in [1.29, 1.82) is 0 Å². The maximum atomic E-state index is 2.36. The normalized spacial score (nSPS) is 9.50. The summed E-state index contributed by atoms with van der Waals surface area (Å²) in [4.78, 5) is 1.32. The molecule has 0 saturated heterocycles. The maximum Gasteiger partial charge on any atom is 0.225 e. The van der Waals surface area contributed by atoms with Crippen molar-refractivity contribution in [3.8, 4) is 0 Å². The van der Waals surface area contributed by atoms with E-state index in [1.165, 1.54) is 4.86 Å². The van der Waals surface area contributed by atoms with Crippen LogP contribution >= 0.6 is 30.8 Å². The van der Waals surface area contributed by atoms with Gasteiger partial charge in [0.25, 0.3) is 0 Å². The molecule has 4 heavy (non-hydrogen) atoms. The Labute approximate surface area is 42.6 Å². The lowest BCUT2D eigenvalue weighted by Crippen LogP contribution is -1.46. The molecule has 0 aromatic carbocycles. The Balaban J connectivity index is 1.97. The summed E-state index contributed by atoms with van der Waals surface area (Å²) in [7, 11) is 1.13. The molecule has 0 aliphatic carbocycles. The van der Waals surface area contributed by atoms with Crippen LogP contribution in [0.3, 0.4) is 0 Å². The molecule has 0 N–H and O–H groups in total. The van der Waals surface area contributed by atoms with Crippen LogP contribution in [-0.4, -0.2) is 11.5 Å². The number of rotatable bonds is 1. The average Bonchev–Trinajstić information content (AvgIpc) is 1.37. The summed E-state index contributed by atoms with van der Waals surface area (Å²) in [6.45, 7) is 2.20. The van der Waals surface area contributed by atoms with Gasteiger partial charge >= 0.3 is 0 Å². The van der Waals surface area contributed by atoms with Crippen molar-refractivity contribution in [3.05, 3.63) is 0 Å². The summed E-state index contributed by atoms with van der Waals surface area (Å²) in [5.41, 5.74) is 0. The fourth-order valence-corrected chi connectivity index (χ4v) is 0. The van der Waals surface area contributed by atoms with Gasteiger partial charge in [-0.1, -0.05) is 6.66 Å². The highest BCUT2D eigenvalue weighted by Gasteiger charge is 1.63. The Morgan fingerprint density at radius 2 is 2.25 bits per heavy atom. The van der Waals surface area contributed by atoms with Crippen LogP contribution in [0.4, 0.5) is 0 Å². The monoisotopic (exact) mass is 186 g/mol. The molecule has 24 valence electrons. The van der Waals surface area contributed by atoms with Crippen LogP contribution in [0.25, 0.3) is 0 Å². The molecule has 0 nitrogen and oxygen atoms in total. The van der Waals surface area contributed by atoms with Crippen LogP contribution in [0.15, 0.2) is 0 Å². The molecule has 0 saturated carbocycles. The highest BCUT2D eigenvalue weighted by atomic mass is 127. The first kappa shape index (κ1) is 5.22. The average molecular weight is 186 g/mol. The molecule has 0 heterocycles. The zero-order valence-corrected chi connectivity index (χ0v) is 5.74. The van der Waals surface area contributed by atoms with Gasteiger partial charge in [0.15, 0.2) is 0 Å². The van der Waals surface area contributed by atoms with E-state index in [-0.39, 0.29) is 0 Å². The predicted molar refractivity (Wildman–Crippen MR) is 35.4 cm³/mol. The quantitative estimate of drug-likeness (QED) is 0.325. The number of hydrogen-bond donors (Lipinski definition) is 0. The zero-order valence-electron chi connectivity index (χ0n) is 2.59. The molecule has 0 radical (unpaired) electrons. The minimum Gasteiger partial charge on any atom is -0.150 e. The van der Waals surface area contributed by atoms with Gasteiger partial charge in [-0.25, -0.2) is 0 Å². The Morgan fingerprint density at radius 1 is 2.00 bits per heavy atom. The van der Waals surface area contributed by atoms with E-state index in [9.17, 15) is 0 Å². The Hall–Kier alpha value is 1.22. The smallest absolute Gasteiger partial charge is 0.150 e. The van der Waals surface area contributed by atoms with E-state index in [1.807, 2.05) is 0 Å². The third-order valence-corrected chi connectivity index (χ3v) is 2.69. The largest absolute Gasteiger partial charge is 0.225 e. The first-order chi connectivity index (χ1) is 1.91. The highest BCUT2D eigenvalue weighted by Crippen LogP contribution is 2.00. The number of halogens is 1. The summed E-state index contributed by atoms with van der Waals surface area (Å²) < 4.78 is 0. The Bertz CT molecular complexity index is 10.0. The van der Waals surface area contributed by atoms with Crippen molar-refractivity contribution < 1.29 is 0 Å². The van der Waals surface area contributed by atoms with E-state index in [1.54, 1.807) is 0 Å². The van der Waals surface area contributed by atoms with Crippen molar-refractivity contribution in [2.24, 2.45) is 0 Å². The van der Waals surface area contributed by atoms with Gasteiger partial charge in [0.05, 0.1) is 0 Å². The molecule has 0 aromatic heterocycles. The van der Waals surface area contributed by atoms with Gasteiger partial charge in [0, 0.05) is 0 Å². The third-order valence-electron chi connectivity index (χ3n) is 0.134. The Kier molecular flexibility index (Phi) is 5.52. The summed E-state index contributed by atoms with van der Waals surface area (Å²) in [5, 5.41) is 0. The lowest BCUT2D eigenvalue weighted by molar-refractivity contribution is 2.51. The molecule has 0 aromatic rings.